The molecule has 0 aliphatic heterocycles. The van der Waals surface area contributed by atoms with Crippen molar-refractivity contribution in [2.24, 2.45) is 4.99 Å². The molecule has 18 heavy (non-hydrogen) atoms. The molecule has 0 saturated carbocycles. The van der Waals surface area contributed by atoms with Gasteiger partial charge in [-0.25, -0.2) is 0 Å². The normalized spacial score (nSPS) is 15.1. The van der Waals surface area contributed by atoms with Crippen molar-refractivity contribution in [2.75, 3.05) is 19.6 Å². The molecular weight excluding hydrogens is 343 g/mol. The van der Waals surface area contributed by atoms with E-state index in [0.29, 0.717) is 19.1 Å². The smallest absolute Gasteiger partial charge is 0.216 e. The van der Waals surface area contributed by atoms with Crippen molar-refractivity contribution in [3.8, 4) is 0 Å². The molecule has 0 aromatic heterocycles. The van der Waals surface area contributed by atoms with Crippen molar-refractivity contribution in [3.05, 3.63) is 12.2 Å². The summed E-state index contributed by atoms with van der Waals surface area (Å²) in [6.45, 7) is 5.56. The molecule has 0 bridgehead atoms. The Labute approximate surface area is 126 Å². The summed E-state index contributed by atoms with van der Waals surface area (Å²) in [6.07, 6.45) is 6.46. The highest BCUT2D eigenvalue weighted by Gasteiger charge is 2.10. The zero-order valence-electron chi connectivity index (χ0n) is 11.0. The van der Waals surface area contributed by atoms with Gasteiger partial charge in [-0.1, -0.05) is 12.2 Å². The number of hydrogen-bond acceptors (Lipinski definition) is 2. The SMILES string of the molecule is CCNC(=NCCNC(C)=O)NC1CC=CC1.I. The third kappa shape index (κ3) is 7.52. The predicted molar refractivity (Wildman–Crippen MR) is 85.4 cm³/mol. The van der Waals surface area contributed by atoms with Gasteiger partial charge in [-0.15, -0.1) is 24.0 Å². The molecule has 0 unspecified atom stereocenters. The standard InChI is InChI=1S/C12H22N4O.HI/c1-3-13-12(15-9-8-14-10(2)17)16-11-6-4-5-7-11;/h4-5,11H,3,6-9H2,1-2H3,(H,14,17)(H2,13,15,16);1H. The fourth-order valence-electron chi connectivity index (χ4n) is 1.65. The summed E-state index contributed by atoms with van der Waals surface area (Å²) in [7, 11) is 0. The van der Waals surface area contributed by atoms with Crippen molar-refractivity contribution in [1.29, 1.82) is 0 Å². The average molecular weight is 366 g/mol. The molecule has 0 heterocycles. The molecule has 0 fully saturated rings. The summed E-state index contributed by atoms with van der Waals surface area (Å²) in [6, 6.07) is 0.452. The van der Waals surface area contributed by atoms with E-state index in [1.165, 1.54) is 6.92 Å². The van der Waals surface area contributed by atoms with Gasteiger partial charge in [-0.3, -0.25) is 9.79 Å². The van der Waals surface area contributed by atoms with Crippen LogP contribution in [0.3, 0.4) is 0 Å². The quantitative estimate of drug-likeness (QED) is 0.224. The number of rotatable bonds is 5. The second kappa shape index (κ2) is 10.2. The number of nitrogens with one attached hydrogen (secondary N) is 3. The Balaban J connectivity index is 0.00000289. The van der Waals surface area contributed by atoms with Crippen LogP contribution in [-0.2, 0) is 4.79 Å². The molecule has 0 aromatic carbocycles. The van der Waals surface area contributed by atoms with Crippen molar-refractivity contribution in [1.82, 2.24) is 16.0 Å². The van der Waals surface area contributed by atoms with Crippen molar-refractivity contribution < 1.29 is 4.79 Å². The highest BCUT2D eigenvalue weighted by atomic mass is 127. The van der Waals surface area contributed by atoms with Crippen LogP contribution in [0.1, 0.15) is 26.7 Å². The number of amides is 1. The first-order valence-corrected chi connectivity index (χ1v) is 6.16. The molecule has 0 atom stereocenters. The monoisotopic (exact) mass is 366 g/mol. The first kappa shape index (κ1) is 17.2. The van der Waals surface area contributed by atoms with E-state index in [1.54, 1.807) is 0 Å². The lowest BCUT2D eigenvalue weighted by molar-refractivity contribution is -0.118. The van der Waals surface area contributed by atoms with Crippen LogP contribution in [0.2, 0.25) is 0 Å². The topological polar surface area (TPSA) is 65.5 Å². The maximum atomic E-state index is 10.7. The number of carbonyl (C=O) groups is 1. The van der Waals surface area contributed by atoms with Gasteiger partial charge in [-0.2, -0.15) is 0 Å². The van der Waals surface area contributed by atoms with E-state index < -0.39 is 0 Å². The van der Waals surface area contributed by atoms with Crippen LogP contribution in [0.5, 0.6) is 0 Å². The Bertz CT molecular complexity index is 296. The van der Waals surface area contributed by atoms with Crippen molar-refractivity contribution in [3.63, 3.8) is 0 Å². The van der Waals surface area contributed by atoms with E-state index in [0.717, 1.165) is 25.3 Å². The third-order valence-corrected chi connectivity index (χ3v) is 2.45. The Morgan fingerprint density at radius 3 is 2.56 bits per heavy atom. The molecule has 3 N–H and O–H groups in total. The summed E-state index contributed by atoms with van der Waals surface area (Å²) in [5, 5.41) is 9.29. The highest BCUT2D eigenvalue weighted by molar-refractivity contribution is 14.0. The Kier molecular flexibility index (Phi) is 9.72. The zero-order valence-corrected chi connectivity index (χ0v) is 13.4. The Morgan fingerprint density at radius 2 is 2.00 bits per heavy atom. The lowest BCUT2D eigenvalue weighted by Gasteiger charge is -2.16. The number of halogens is 1. The maximum Gasteiger partial charge on any atom is 0.216 e. The average Bonchev–Trinajstić information content (AvgIpc) is 2.77. The Hall–Kier alpha value is -0.790. The molecule has 1 rings (SSSR count). The van der Waals surface area contributed by atoms with Crippen molar-refractivity contribution >= 4 is 35.8 Å². The summed E-state index contributed by atoms with van der Waals surface area (Å²) in [5.74, 6) is 0.810. The number of guanidine groups is 1. The Morgan fingerprint density at radius 1 is 1.33 bits per heavy atom. The molecule has 104 valence electrons. The van der Waals surface area contributed by atoms with Crippen LogP contribution in [0, 0.1) is 0 Å². The zero-order chi connectivity index (χ0) is 12.5. The number of hydrogen-bond donors (Lipinski definition) is 3. The van der Waals surface area contributed by atoms with E-state index >= 15 is 0 Å². The molecule has 1 aliphatic rings. The second-order valence-electron chi connectivity index (χ2n) is 4.03. The van der Waals surface area contributed by atoms with E-state index in [2.05, 4.69) is 33.1 Å². The molecule has 1 aliphatic carbocycles. The maximum absolute atomic E-state index is 10.7. The van der Waals surface area contributed by atoms with Crippen LogP contribution < -0.4 is 16.0 Å². The minimum absolute atomic E-state index is 0. The van der Waals surface area contributed by atoms with E-state index in [-0.39, 0.29) is 29.9 Å². The third-order valence-electron chi connectivity index (χ3n) is 2.45. The van der Waals surface area contributed by atoms with Gasteiger partial charge in [0.05, 0.1) is 6.54 Å². The minimum Gasteiger partial charge on any atom is -0.357 e. The fraction of sp³-hybridized carbons (Fsp3) is 0.667. The van der Waals surface area contributed by atoms with Crippen LogP contribution in [-0.4, -0.2) is 37.5 Å². The molecule has 0 radical (unpaired) electrons. The lowest BCUT2D eigenvalue weighted by atomic mass is 10.2. The predicted octanol–water partition coefficient (Wildman–Crippen LogP) is 1.01. The van der Waals surface area contributed by atoms with Crippen LogP contribution in [0.15, 0.2) is 17.1 Å². The number of aliphatic imine (C=N–C) groups is 1. The molecule has 0 aromatic rings. The summed E-state index contributed by atoms with van der Waals surface area (Å²) >= 11 is 0. The summed E-state index contributed by atoms with van der Waals surface area (Å²) in [4.78, 5) is 15.1. The fourth-order valence-corrected chi connectivity index (χ4v) is 1.65. The highest BCUT2D eigenvalue weighted by Crippen LogP contribution is 2.08. The molecule has 6 heteroatoms. The molecule has 5 nitrogen and oxygen atoms in total. The lowest BCUT2D eigenvalue weighted by Crippen LogP contribution is -2.42. The largest absolute Gasteiger partial charge is 0.357 e. The van der Waals surface area contributed by atoms with Crippen molar-refractivity contribution in [2.45, 2.75) is 32.7 Å². The molecule has 1 amide bonds. The summed E-state index contributed by atoms with van der Waals surface area (Å²) in [5.41, 5.74) is 0. The van der Waals surface area contributed by atoms with Gasteiger partial charge < -0.3 is 16.0 Å². The minimum atomic E-state index is -0.0156. The van der Waals surface area contributed by atoms with Gasteiger partial charge in [0, 0.05) is 26.1 Å². The van der Waals surface area contributed by atoms with E-state index in [4.69, 9.17) is 0 Å². The van der Waals surface area contributed by atoms with Gasteiger partial charge in [0.2, 0.25) is 5.91 Å². The van der Waals surface area contributed by atoms with Gasteiger partial charge in [0.15, 0.2) is 5.96 Å². The van der Waals surface area contributed by atoms with Gasteiger partial charge in [0.25, 0.3) is 0 Å². The van der Waals surface area contributed by atoms with Crippen LogP contribution >= 0.6 is 24.0 Å². The number of carbonyl (C=O) groups excluding carboxylic acids is 1. The van der Waals surface area contributed by atoms with E-state index in [9.17, 15) is 4.79 Å². The number of nitrogens with zero attached hydrogens (tertiary/aromatic N) is 1. The molecular formula is C12H23IN4O. The van der Waals surface area contributed by atoms with Crippen LogP contribution in [0.4, 0.5) is 0 Å². The van der Waals surface area contributed by atoms with E-state index in [1.807, 2.05) is 6.92 Å². The molecule has 0 spiro atoms. The summed E-state index contributed by atoms with van der Waals surface area (Å²) < 4.78 is 0. The van der Waals surface area contributed by atoms with Gasteiger partial charge >= 0.3 is 0 Å². The van der Waals surface area contributed by atoms with Gasteiger partial charge in [0.1, 0.15) is 0 Å². The first-order chi connectivity index (χ1) is 8.22. The van der Waals surface area contributed by atoms with Crippen LogP contribution in [0.25, 0.3) is 0 Å². The molecule has 0 saturated heterocycles. The second-order valence-corrected chi connectivity index (χ2v) is 4.03. The first-order valence-electron chi connectivity index (χ1n) is 6.16. The van der Waals surface area contributed by atoms with Gasteiger partial charge in [-0.05, 0) is 19.8 Å².